The Morgan fingerprint density at radius 1 is 1.30 bits per heavy atom. The second kappa shape index (κ2) is 6.48. The van der Waals surface area contributed by atoms with Gasteiger partial charge in [-0.25, -0.2) is 9.97 Å². The van der Waals surface area contributed by atoms with Crippen molar-refractivity contribution < 1.29 is 4.74 Å². The summed E-state index contributed by atoms with van der Waals surface area (Å²) in [4.78, 5) is 9.20. The van der Waals surface area contributed by atoms with Gasteiger partial charge in [-0.3, -0.25) is 0 Å². The van der Waals surface area contributed by atoms with Crippen molar-refractivity contribution in [2.75, 3.05) is 6.54 Å². The molecule has 0 bridgehead atoms. The average molecular weight is 316 g/mol. The van der Waals surface area contributed by atoms with Crippen molar-refractivity contribution in [2.45, 2.75) is 65.6 Å². The third kappa shape index (κ3) is 3.66. The highest BCUT2D eigenvalue weighted by Gasteiger charge is 2.27. The van der Waals surface area contributed by atoms with E-state index >= 15 is 0 Å². The van der Waals surface area contributed by atoms with Gasteiger partial charge in [0.1, 0.15) is 11.6 Å². The van der Waals surface area contributed by atoms with Crippen LogP contribution >= 0.6 is 0 Å². The normalized spacial score (nSPS) is 17.7. The molecule has 2 aromatic heterocycles. The Balaban J connectivity index is 1.82. The van der Waals surface area contributed by atoms with E-state index in [1.807, 2.05) is 19.3 Å². The summed E-state index contributed by atoms with van der Waals surface area (Å²) in [7, 11) is 0. The van der Waals surface area contributed by atoms with Crippen molar-refractivity contribution in [3.05, 3.63) is 18.1 Å². The molecule has 0 spiro atoms. The fourth-order valence-corrected chi connectivity index (χ4v) is 2.74. The third-order valence-electron chi connectivity index (χ3n) is 4.54. The van der Waals surface area contributed by atoms with Crippen molar-refractivity contribution in [1.82, 2.24) is 19.9 Å². The Labute approximate surface area is 138 Å². The molecule has 2 heterocycles. The smallest absolute Gasteiger partial charge is 0.240 e. The SMILES string of the molecule is Cc1cc2ncn(C3CC3)c2c(OC(C)C(C)CNC(C)C)n1. The fraction of sp³-hybridized carbons (Fsp3) is 0.667. The maximum Gasteiger partial charge on any atom is 0.240 e. The molecule has 1 aliphatic carbocycles. The van der Waals surface area contributed by atoms with Crippen molar-refractivity contribution in [2.24, 2.45) is 5.92 Å². The molecule has 5 heteroatoms. The largest absolute Gasteiger partial charge is 0.473 e. The van der Waals surface area contributed by atoms with Crippen LogP contribution in [0, 0.1) is 12.8 Å². The molecule has 1 aliphatic rings. The highest BCUT2D eigenvalue weighted by molar-refractivity contribution is 5.81. The molecule has 5 nitrogen and oxygen atoms in total. The summed E-state index contributed by atoms with van der Waals surface area (Å²) in [6.45, 7) is 11.6. The predicted octanol–water partition coefficient (Wildman–Crippen LogP) is 3.48. The van der Waals surface area contributed by atoms with Crippen LogP contribution in [0.1, 0.15) is 52.3 Å². The Morgan fingerprint density at radius 2 is 2.04 bits per heavy atom. The topological polar surface area (TPSA) is 52.0 Å². The minimum Gasteiger partial charge on any atom is -0.473 e. The zero-order chi connectivity index (χ0) is 16.6. The predicted molar refractivity (Wildman–Crippen MR) is 92.9 cm³/mol. The first-order valence-electron chi connectivity index (χ1n) is 8.70. The van der Waals surface area contributed by atoms with E-state index in [0.29, 0.717) is 18.0 Å². The van der Waals surface area contributed by atoms with Crippen LogP contribution in [0.3, 0.4) is 0 Å². The fourth-order valence-electron chi connectivity index (χ4n) is 2.74. The maximum atomic E-state index is 6.27. The van der Waals surface area contributed by atoms with E-state index in [1.54, 1.807) is 0 Å². The first-order chi connectivity index (χ1) is 11.0. The minimum atomic E-state index is 0.0984. The molecule has 0 amide bonds. The molecule has 0 aromatic carbocycles. The van der Waals surface area contributed by atoms with Crippen LogP contribution in [-0.4, -0.2) is 33.2 Å². The van der Waals surface area contributed by atoms with Gasteiger partial charge in [-0.2, -0.15) is 0 Å². The zero-order valence-electron chi connectivity index (χ0n) is 14.8. The molecular formula is C18H28N4O. The maximum absolute atomic E-state index is 6.27. The molecule has 2 unspecified atom stereocenters. The molecule has 1 fully saturated rings. The number of aryl methyl sites for hydroxylation is 1. The van der Waals surface area contributed by atoms with Gasteiger partial charge in [0.25, 0.3) is 0 Å². The second-order valence-corrected chi connectivity index (χ2v) is 7.18. The van der Waals surface area contributed by atoms with Crippen LogP contribution in [0.4, 0.5) is 0 Å². The van der Waals surface area contributed by atoms with Gasteiger partial charge in [0.05, 0.1) is 11.8 Å². The van der Waals surface area contributed by atoms with Crippen LogP contribution in [0.5, 0.6) is 5.88 Å². The molecule has 0 saturated heterocycles. The van der Waals surface area contributed by atoms with Crippen molar-refractivity contribution in [1.29, 1.82) is 0 Å². The lowest BCUT2D eigenvalue weighted by molar-refractivity contribution is 0.152. The Morgan fingerprint density at radius 3 is 2.70 bits per heavy atom. The lowest BCUT2D eigenvalue weighted by Gasteiger charge is -2.23. The standard InChI is InChI=1S/C18H28N4O/c1-11(2)19-9-12(3)14(5)23-18-17-16(8-13(4)21-18)20-10-22(17)15-6-7-15/h8,10-12,14-15,19H,6-7,9H2,1-5H3. The minimum absolute atomic E-state index is 0.0984. The van der Waals surface area contributed by atoms with E-state index in [4.69, 9.17) is 4.74 Å². The summed E-state index contributed by atoms with van der Waals surface area (Å²) in [5, 5.41) is 3.48. The first-order valence-corrected chi connectivity index (χ1v) is 8.70. The van der Waals surface area contributed by atoms with Crippen molar-refractivity contribution >= 4 is 11.0 Å². The molecule has 126 valence electrons. The van der Waals surface area contributed by atoms with Gasteiger partial charge >= 0.3 is 0 Å². The molecule has 1 saturated carbocycles. The van der Waals surface area contributed by atoms with Gasteiger partial charge in [0.15, 0.2) is 0 Å². The monoisotopic (exact) mass is 316 g/mol. The highest BCUT2D eigenvalue weighted by Crippen LogP contribution is 2.39. The van der Waals surface area contributed by atoms with Gasteiger partial charge in [0, 0.05) is 30.2 Å². The van der Waals surface area contributed by atoms with Crippen LogP contribution in [0.25, 0.3) is 11.0 Å². The van der Waals surface area contributed by atoms with Crippen LogP contribution < -0.4 is 10.1 Å². The van der Waals surface area contributed by atoms with E-state index in [0.717, 1.165) is 29.2 Å². The number of ether oxygens (including phenoxy) is 1. The number of rotatable bonds is 7. The summed E-state index contributed by atoms with van der Waals surface area (Å²) >= 11 is 0. The Bertz CT molecular complexity index is 675. The lowest BCUT2D eigenvalue weighted by atomic mass is 10.1. The number of hydrogen-bond acceptors (Lipinski definition) is 4. The molecule has 0 radical (unpaired) electrons. The number of nitrogens with one attached hydrogen (secondary N) is 1. The van der Waals surface area contributed by atoms with Crippen molar-refractivity contribution in [3.63, 3.8) is 0 Å². The van der Waals surface area contributed by atoms with Gasteiger partial charge in [-0.1, -0.05) is 20.8 Å². The molecular weight excluding hydrogens is 288 g/mol. The molecule has 2 atom stereocenters. The first kappa shape index (κ1) is 16.2. The average Bonchev–Trinajstić information content (AvgIpc) is 3.24. The summed E-state index contributed by atoms with van der Waals surface area (Å²) < 4.78 is 8.50. The number of imidazole rings is 1. The quantitative estimate of drug-likeness (QED) is 0.850. The summed E-state index contributed by atoms with van der Waals surface area (Å²) in [5.41, 5.74) is 2.99. The van der Waals surface area contributed by atoms with Gasteiger partial charge in [-0.15, -0.1) is 0 Å². The number of hydrogen-bond donors (Lipinski definition) is 1. The van der Waals surface area contributed by atoms with Crippen LogP contribution in [-0.2, 0) is 0 Å². The summed E-state index contributed by atoms with van der Waals surface area (Å²) in [6, 6.07) is 3.10. The van der Waals surface area contributed by atoms with E-state index in [-0.39, 0.29) is 6.10 Å². The van der Waals surface area contributed by atoms with Gasteiger partial charge in [-0.05, 0) is 32.8 Å². The summed E-state index contributed by atoms with van der Waals surface area (Å²) in [5.74, 6) is 1.14. The molecule has 2 aromatic rings. The van der Waals surface area contributed by atoms with E-state index < -0.39 is 0 Å². The van der Waals surface area contributed by atoms with Crippen LogP contribution in [0.15, 0.2) is 12.4 Å². The zero-order valence-corrected chi connectivity index (χ0v) is 14.8. The molecule has 0 aliphatic heterocycles. The second-order valence-electron chi connectivity index (χ2n) is 7.18. The number of nitrogens with zero attached hydrogens (tertiary/aromatic N) is 3. The lowest BCUT2D eigenvalue weighted by Crippen LogP contribution is -2.34. The number of fused-ring (bicyclic) bond motifs is 1. The Kier molecular flexibility index (Phi) is 4.57. The van der Waals surface area contributed by atoms with E-state index in [2.05, 4.69) is 47.5 Å². The van der Waals surface area contributed by atoms with Gasteiger partial charge < -0.3 is 14.6 Å². The molecule has 3 rings (SSSR count). The van der Waals surface area contributed by atoms with E-state index in [9.17, 15) is 0 Å². The van der Waals surface area contributed by atoms with Gasteiger partial charge in [0.2, 0.25) is 5.88 Å². The third-order valence-corrected chi connectivity index (χ3v) is 4.54. The number of aromatic nitrogens is 3. The molecule has 23 heavy (non-hydrogen) atoms. The van der Waals surface area contributed by atoms with Crippen LogP contribution in [0.2, 0.25) is 0 Å². The van der Waals surface area contributed by atoms with Crippen molar-refractivity contribution in [3.8, 4) is 5.88 Å². The van der Waals surface area contributed by atoms with E-state index in [1.165, 1.54) is 12.8 Å². The summed E-state index contributed by atoms with van der Waals surface area (Å²) in [6.07, 6.45) is 4.48. The Hall–Kier alpha value is -1.62. The molecule has 1 N–H and O–H groups in total. The number of pyridine rings is 1. The highest BCUT2D eigenvalue weighted by atomic mass is 16.5.